The summed E-state index contributed by atoms with van der Waals surface area (Å²) in [6, 6.07) is 18.0. The number of aromatic amines is 1. The van der Waals surface area contributed by atoms with Gasteiger partial charge in [0.2, 0.25) is 11.8 Å². The molecule has 198 valence electrons. The lowest BCUT2D eigenvalue weighted by molar-refractivity contribution is -0.132. The molecule has 1 saturated heterocycles. The van der Waals surface area contributed by atoms with Gasteiger partial charge in [-0.15, -0.1) is 0 Å². The topological polar surface area (TPSA) is 111 Å². The summed E-state index contributed by atoms with van der Waals surface area (Å²) in [5.74, 6) is -1.37. The maximum absolute atomic E-state index is 13.2. The third-order valence-electron chi connectivity index (χ3n) is 7.23. The third-order valence-corrected chi connectivity index (χ3v) is 7.47. The molecular formula is C29H26ClN5O4. The van der Waals surface area contributed by atoms with Crippen LogP contribution in [-0.2, 0) is 16.0 Å². The van der Waals surface area contributed by atoms with Crippen molar-refractivity contribution in [3.05, 3.63) is 92.9 Å². The van der Waals surface area contributed by atoms with Gasteiger partial charge in [-0.05, 0) is 54.6 Å². The van der Waals surface area contributed by atoms with Crippen molar-refractivity contribution in [1.82, 2.24) is 14.8 Å². The Labute approximate surface area is 229 Å². The van der Waals surface area contributed by atoms with Gasteiger partial charge in [-0.1, -0.05) is 35.9 Å². The summed E-state index contributed by atoms with van der Waals surface area (Å²) < 4.78 is 5.27. The normalized spacial score (nSPS) is 17.9. The zero-order valence-electron chi connectivity index (χ0n) is 21.2. The van der Waals surface area contributed by atoms with E-state index in [-0.39, 0.29) is 11.8 Å². The monoisotopic (exact) mass is 543 g/mol. The number of aliphatic imine (C=N–C) groups is 1. The molecule has 9 nitrogen and oxygen atoms in total. The predicted octanol–water partition coefficient (Wildman–Crippen LogP) is 3.95. The van der Waals surface area contributed by atoms with Gasteiger partial charge in [0, 0.05) is 42.5 Å². The summed E-state index contributed by atoms with van der Waals surface area (Å²) in [5, 5.41) is 3.42. The highest BCUT2D eigenvalue weighted by Crippen LogP contribution is 2.38. The molecule has 6 rings (SSSR count). The second-order valence-electron chi connectivity index (χ2n) is 9.90. The van der Waals surface area contributed by atoms with Gasteiger partial charge < -0.3 is 19.5 Å². The predicted molar refractivity (Wildman–Crippen MR) is 150 cm³/mol. The second kappa shape index (κ2) is 10.2. The van der Waals surface area contributed by atoms with E-state index in [1.807, 2.05) is 35.2 Å². The first-order valence-electron chi connectivity index (χ1n) is 12.7. The average molecular weight is 544 g/mol. The van der Waals surface area contributed by atoms with Crippen molar-refractivity contribution in [3.63, 3.8) is 0 Å². The van der Waals surface area contributed by atoms with Crippen molar-refractivity contribution in [3.8, 4) is 0 Å². The van der Waals surface area contributed by atoms with Crippen LogP contribution in [0.1, 0.15) is 22.6 Å². The number of hydrogen-bond acceptors (Lipinski definition) is 6. The van der Waals surface area contributed by atoms with E-state index in [4.69, 9.17) is 21.0 Å². The van der Waals surface area contributed by atoms with E-state index in [9.17, 15) is 14.4 Å². The zero-order chi connectivity index (χ0) is 27.1. The smallest absolute Gasteiger partial charge is 0.408 e. The Morgan fingerprint density at radius 2 is 1.79 bits per heavy atom. The number of fused-ring (bicyclic) bond motifs is 2. The molecule has 2 aliphatic rings. The standard InChI is InChI=1S/C29H26ClN5O4/c1-34-10-12-35(13-11-34)25(36)14-17-2-6-20(7-3-17)31-27(18-4-9-22-24(15-18)39-29(38)33-22)26-21-8-5-19(30)16-23(21)32-28(26)37/h2-9,15-16,26H,10-14H2,1H3,(H,32,37)(H,33,38). The number of carbonyl (C=O) groups is 2. The quantitative estimate of drug-likeness (QED) is 0.370. The summed E-state index contributed by atoms with van der Waals surface area (Å²) in [6.45, 7) is 3.24. The minimum absolute atomic E-state index is 0.110. The van der Waals surface area contributed by atoms with Crippen molar-refractivity contribution >= 4 is 51.6 Å². The number of likely N-dealkylation sites (N-methyl/N-ethyl adjacent to an activating group) is 1. The highest BCUT2D eigenvalue weighted by atomic mass is 35.5. The Morgan fingerprint density at radius 3 is 2.56 bits per heavy atom. The molecule has 3 heterocycles. The van der Waals surface area contributed by atoms with Gasteiger partial charge in [0.1, 0.15) is 5.92 Å². The lowest BCUT2D eigenvalue weighted by Crippen LogP contribution is -2.47. The highest BCUT2D eigenvalue weighted by molar-refractivity contribution is 6.31. The maximum atomic E-state index is 13.2. The molecule has 0 bridgehead atoms. The van der Waals surface area contributed by atoms with Gasteiger partial charge in [-0.3, -0.25) is 19.6 Å². The molecule has 0 radical (unpaired) electrons. The van der Waals surface area contributed by atoms with Crippen LogP contribution in [0.25, 0.3) is 11.1 Å². The number of rotatable bonds is 5. The molecule has 4 aromatic rings. The van der Waals surface area contributed by atoms with Crippen molar-refractivity contribution in [1.29, 1.82) is 0 Å². The summed E-state index contributed by atoms with van der Waals surface area (Å²) in [7, 11) is 2.06. The van der Waals surface area contributed by atoms with Gasteiger partial charge in [-0.2, -0.15) is 0 Å². The van der Waals surface area contributed by atoms with Crippen LogP contribution in [0, 0.1) is 0 Å². The Kier molecular flexibility index (Phi) is 6.54. The van der Waals surface area contributed by atoms with Gasteiger partial charge >= 0.3 is 5.76 Å². The van der Waals surface area contributed by atoms with Crippen LogP contribution in [0.15, 0.2) is 74.9 Å². The minimum Gasteiger partial charge on any atom is -0.408 e. The molecule has 3 aromatic carbocycles. The fourth-order valence-corrected chi connectivity index (χ4v) is 5.25. The van der Waals surface area contributed by atoms with Crippen LogP contribution in [0.3, 0.4) is 0 Å². The first kappa shape index (κ1) is 25.1. The van der Waals surface area contributed by atoms with E-state index in [0.717, 1.165) is 37.3 Å². The molecule has 2 aliphatic heterocycles. The molecule has 10 heteroatoms. The van der Waals surface area contributed by atoms with Crippen LogP contribution >= 0.6 is 11.6 Å². The number of nitrogens with one attached hydrogen (secondary N) is 2. The van der Waals surface area contributed by atoms with Crippen LogP contribution in [0.2, 0.25) is 5.02 Å². The fourth-order valence-electron chi connectivity index (χ4n) is 5.08. The van der Waals surface area contributed by atoms with Crippen molar-refractivity contribution < 1.29 is 14.0 Å². The summed E-state index contributed by atoms with van der Waals surface area (Å²) >= 11 is 6.16. The Morgan fingerprint density at radius 1 is 1.03 bits per heavy atom. The van der Waals surface area contributed by atoms with Gasteiger partial charge in [0.25, 0.3) is 0 Å². The summed E-state index contributed by atoms with van der Waals surface area (Å²) in [6.07, 6.45) is 0.322. The molecule has 1 fully saturated rings. The zero-order valence-corrected chi connectivity index (χ0v) is 22.0. The lowest BCUT2D eigenvalue weighted by Gasteiger charge is -2.32. The van der Waals surface area contributed by atoms with Crippen molar-refractivity contribution in [2.45, 2.75) is 12.3 Å². The number of aromatic nitrogens is 1. The van der Waals surface area contributed by atoms with Crippen LogP contribution in [0.4, 0.5) is 11.4 Å². The molecule has 1 unspecified atom stereocenters. The van der Waals surface area contributed by atoms with Crippen LogP contribution < -0.4 is 11.1 Å². The molecule has 0 saturated carbocycles. The maximum Gasteiger partial charge on any atom is 0.417 e. The second-order valence-corrected chi connectivity index (χ2v) is 10.3. The highest BCUT2D eigenvalue weighted by Gasteiger charge is 2.35. The Hall–Kier alpha value is -4.21. The largest absolute Gasteiger partial charge is 0.417 e. The van der Waals surface area contributed by atoms with E-state index in [2.05, 4.69) is 22.2 Å². The summed E-state index contributed by atoms with van der Waals surface area (Å²) in [4.78, 5) is 49.4. The molecule has 0 aliphatic carbocycles. The van der Waals surface area contributed by atoms with Crippen LogP contribution in [0.5, 0.6) is 0 Å². The number of benzene rings is 3. The lowest BCUT2D eigenvalue weighted by atomic mass is 9.90. The number of H-pyrrole nitrogens is 1. The number of oxazole rings is 1. The van der Waals surface area contributed by atoms with E-state index in [1.54, 1.807) is 30.3 Å². The first-order chi connectivity index (χ1) is 18.8. The van der Waals surface area contributed by atoms with E-state index in [0.29, 0.717) is 45.2 Å². The molecule has 0 spiro atoms. The molecule has 2 N–H and O–H groups in total. The number of carbonyl (C=O) groups excluding carboxylic acids is 2. The van der Waals surface area contributed by atoms with E-state index < -0.39 is 11.7 Å². The number of piperazine rings is 1. The van der Waals surface area contributed by atoms with Gasteiger partial charge in [0.05, 0.1) is 23.3 Å². The molecule has 1 atom stereocenters. The van der Waals surface area contributed by atoms with Gasteiger partial charge in [0.15, 0.2) is 5.58 Å². The molecule has 39 heavy (non-hydrogen) atoms. The number of halogens is 1. The summed E-state index contributed by atoms with van der Waals surface area (Å²) in [5.41, 5.74) is 4.99. The van der Waals surface area contributed by atoms with E-state index in [1.165, 1.54) is 0 Å². The average Bonchev–Trinajstić information content (AvgIpc) is 3.45. The molecule has 1 aromatic heterocycles. The molecular weight excluding hydrogens is 518 g/mol. The van der Waals surface area contributed by atoms with Crippen molar-refractivity contribution in [2.24, 2.45) is 4.99 Å². The Balaban J connectivity index is 1.34. The fraction of sp³-hybridized carbons (Fsp3) is 0.241. The van der Waals surface area contributed by atoms with Crippen molar-refractivity contribution in [2.75, 3.05) is 38.5 Å². The number of amides is 2. The van der Waals surface area contributed by atoms with Gasteiger partial charge in [-0.25, -0.2) is 4.79 Å². The van der Waals surface area contributed by atoms with Crippen LogP contribution in [-0.4, -0.2) is 65.5 Å². The number of nitrogens with zero attached hydrogens (tertiary/aromatic N) is 3. The first-order valence-corrected chi connectivity index (χ1v) is 13.1. The van der Waals surface area contributed by atoms with E-state index >= 15 is 0 Å². The Bertz CT molecular complexity index is 1670. The molecule has 2 amide bonds. The number of hydrogen-bond donors (Lipinski definition) is 2. The SMILES string of the molecule is CN1CCN(C(=O)Cc2ccc(N=C(c3ccc4[nH]c(=O)oc4c3)C3C(=O)Nc4cc(Cl)ccc43)cc2)CC1. The minimum atomic E-state index is -0.695. The number of anilines is 1. The third kappa shape index (κ3) is 5.10.